The van der Waals surface area contributed by atoms with E-state index in [9.17, 15) is 4.79 Å². The van der Waals surface area contributed by atoms with Gasteiger partial charge in [-0.15, -0.1) is 0 Å². The monoisotopic (exact) mass is 218 g/mol. The molecule has 4 nitrogen and oxygen atoms in total. The third-order valence-electron chi connectivity index (χ3n) is 2.00. The summed E-state index contributed by atoms with van der Waals surface area (Å²) >= 11 is 0. The minimum absolute atomic E-state index is 0.528. The normalized spacial score (nSPS) is 11.1. The molecule has 1 aromatic carbocycles. The Labute approximate surface area is 94.4 Å². The molecule has 1 rings (SSSR count). The highest BCUT2D eigenvalue weighted by molar-refractivity contribution is 5.79. The summed E-state index contributed by atoms with van der Waals surface area (Å²) < 4.78 is 5.09. The third kappa shape index (κ3) is 3.24. The van der Waals surface area contributed by atoms with E-state index in [1.807, 2.05) is 6.07 Å². The fourth-order valence-electron chi connectivity index (χ4n) is 1.22. The van der Waals surface area contributed by atoms with Gasteiger partial charge in [-0.1, -0.05) is 6.07 Å². The molecule has 0 aliphatic carbocycles. The summed E-state index contributed by atoms with van der Waals surface area (Å²) in [5.41, 5.74) is 6.68. The van der Waals surface area contributed by atoms with Gasteiger partial charge in [-0.05, 0) is 30.0 Å². The van der Waals surface area contributed by atoms with Gasteiger partial charge in [-0.25, -0.2) is 0 Å². The Bertz CT molecular complexity index is 411. The van der Waals surface area contributed by atoms with Crippen molar-refractivity contribution in [2.24, 2.45) is 10.7 Å². The highest BCUT2D eigenvalue weighted by Crippen LogP contribution is 2.18. The lowest BCUT2D eigenvalue weighted by Gasteiger charge is -2.04. The van der Waals surface area contributed by atoms with Crippen molar-refractivity contribution in [3.05, 3.63) is 41.6 Å². The van der Waals surface area contributed by atoms with Crippen LogP contribution in [-0.2, 0) is 6.54 Å². The van der Waals surface area contributed by atoms with Crippen LogP contribution in [0.25, 0.3) is 0 Å². The van der Waals surface area contributed by atoms with Crippen molar-refractivity contribution in [3.8, 4) is 5.75 Å². The quantitative estimate of drug-likeness (QED) is 0.602. The first-order chi connectivity index (χ1) is 7.81. The average molecular weight is 218 g/mol. The van der Waals surface area contributed by atoms with Crippen molar-refractivity contribution in [3.63, 3.8) is 0 Å². The highest BCUT2D eigenvalue weighted by Gasteiger charge is 2.02. The average Bonchev–Trinajstić information content (AvgIpc) is 2.34. The Hall–Kier alpha value is -2.10. The van der Waals surface area contributed by atoms with Crippen molar-refractivity contribution in [2.75, 3.05) is 7.11 Å². The zero-order valence-electron chi connectivity index (χ0n) is 9.09. The topological polar surface area (TPSA) is 64.7 Å². The molecular formula is C12H14N2O2. The van der Waals surface area contributed by atoms with Gasteiger partial charge in [0.05, 0.1) is 19.2 Å². The summed E-state index contributed by atoms with van der Waals surface area (Å²) in [6.45, 7) is 0.528. The van der Waals surface area contributed by atoms with Crippen LogP contribution >= 0.6 is 0 Å². The van der Waals surface area contributed by atoms with Gasteiger partial charge in [-0.2, -0.15) is 0 Å². The number of hydrogen-bond donors (Lipinski definition) is 1. The molecule has 84 valence electrons. The van der Waals surface area contributed by atoms with Crippen molar-refractivity contribution in [2.45, 2.75) is 6.54 Å². The molecule has 0 saturated carbocycles. The van der Waals surface area contributed by atoms with Crippen LogP contribution in [0, 0.1) is 0 Å². The number of carbonyl (C=O) groups is 1. The second kappa shape index (κ2) is 6.40. The predicted molar refractivity (Wildman–Crippen MR) is 63.9 cm³/mol. The van der Waals surface area contributed by atoms with E-state index in [-0.39, 0.29) is 0 Å². The molecule has 4 heteroatoms. The second-order valence-corrected chi connectivity index (χ2v) is 3.07. The smallest absolute Gasteiger partial charge is 0.153 e. The summed E-state index contributed by atoms with van der Waals surface area (Å²) in [5, 5.41) is 0. The lowest BCUT2D eigenvalue weighted by Crippen LogP contribution is -1.92. The molecule has 0 fully saturated rings. The van der Waals surface area contributed by atoms with Gasteiger partial charge in [0.25, 0.3) is 0 Å². The van der Waals surface area contributed by atoms with Crippen molar-refractivity contribution in [1.29, 1.82) is 0 Å². The van der Waals surface area contributed by atoms with Crippen LogP contribution < -0.4 is 10.5 Å². The maximum atomic E-state index is 10.7. The van der Waals surface area contributed by atoms with Crippen LogP contribution in [0.4, 0.5) is 0 Å². The van der Waals surface area contributed by atoms with Crippen LogP contribution in [0.5, 0.6) is 5.75 Å². The van der Waals surface area contributed by atoms with E-state index >= 15 is 0 Å². The molecule has 0 aliphatic rings. The van der Waals surface area contributed by atoms with E-state index in [2.05, 4.69) is 4.99 Å². The van der Waals surface area contributed by atoms with Gasteiger partial charge in [0.2, 0.25) is 0 Å². The molecular weight excluding hydrogens is 204 g/mol. The van der Waals surface area contributed by atoms with E-state index in [1.165, 1.54) is 13.3 Å². The summed E-state index contributed by atoms with van der Waals surface area (Å²) in [5.74, 6) is 0.567. The zero-order valence-corrected chi connectivity index (χ0v) is 9.09. The van der Waals surface area contributed by atoms with Gasteiger partial charge in [-0.3, -0.25) is 9.79 Å². The second-order valence-electron chi connectivity index (χ2n) is 3.07. The number of aldehydes is 1. The molecule has 0 saturated heterocycles. The largest absolute Gasteiger partial charge is 0.496 e. The Kier molecular flexibility index (Phi) is 4.79. The number of nitrogens with zero attached hydrogens (tertiary/aromatic N) is 1. The van der Waals surface area contributed by atoms with E-state index in [1.54, 1.807) is 24.4 Å². The van der Waals surface area contributed by atoms with E-state index in [4.69, 9.17) is 10.5 Å². The zero-order chi connectivity index (χ0) is 11.8. The Morgan fingerprint density at radius 2 is 2.31 bits per heavy atom. The van der Waals surface area contributed by atoms with E-state index < -0.39 is 0 Å². The molecule has 0 radical (unpaired) electrons. The Morgan fingerprint density at radius 3 is 2.94 bits per heavy atom. The molecule has 1 aromatic rings. The van der Waals surface area contributed by atoms with E-state index in [0.717, 1.165) is 11.8 Å². The van der Waals surface area contributed by atoms with Gasteiger partial charge in [0.15, 0.2) is 6.29 Å². The number of hydrogen-bond acceptors (Lipinski definition) is 4. The summed E-state index contributed by atoms with van der Waals surface area (Å²) in [6, 6.07) is 5.36. The molecule has 0 atom stereocenters. The molecule has 0 heterocycles. The summed E-state index contributed by atoms with van der Waals surface area (Å²) in [7, 11) is 1.53. The van der Waals surface area contributed by atoms with Gasteiger partial charge in [0.1, 0.15) is 5.75 Å². The lowest BCUT2D eigenvalue weighted by molar-refractivity contribution is 0.112. The first kappa shape index (κ1) is 12.0. The van der Waals surface area contributed by atoms with Gasteiger partial charge >= 0.3 is 0 Å². The Balaban J connectivity index is 2.78. The van der Waals surface area contributed by atoms with Crippen LogP contribution in [0.1, 0.15) is 15.9 Å². The fraction of sp³-hybridized carbons (Fsp3) is 0.167. The maximum absolute atomic E-state index is 10.7. The number of aliphatic imine (C=N–C) groups is 1. The van der Waals surface area contributed by atoms with Gasteiger partial charge < -0.3 is 10.5 Å². The minimum Gasteiger partial charge on any atom is -0.496 e. The SMILES string of the molecule is COc1cc(CN=C/C=C\N)ccc1C=O. The molecule has 0 aromatic heterocycles. The molecule has 0 unspecified atom stereocenters. The summed E-state index contributed by atoms with van der Waals surface area (Å²) in [4.78, 5) is 14.8. The number of rotatable bonds is 5. The molecule has 0 spiro atoms. The number of nitrogens with two attached hydrogens (primary N) is 1. The first-order valence-electron chi connectivity index (χ1n) is 4.80. The predicted octanol–water partition coefficient (Wildman–Crippen LogP) is 1.55. The van der Waals surface area contributed by atoms with Crippen LogP contribution in [0.3, 0.4) is 0 Å². The van der Waals surface area contributed by atoms with Crippen LogP contribution in [0.2, 0.25) is 0 Å². The van der Waals surface area contributed by atoms with Crippen LogP contribution in [-0.4, -0.2) is 19.6 Å². The minimum atomic E-state index is 0.528. The fourth-order valence-corrected chi connectivity index (χ4v) is 1.22. The molecule has 2 N–H and O–H groups in total. The number of carbonyl (C=O) groups excluding carboxylic acids is 1. The number of methoxy groups -OCH3 is 1. The van der Waals surface area contributed by atoms with Crippen molar-refractivity contribution in [1.82, 2.24) is 0 Å². The van der Waals surface area contributed by atoms with Crippen molar-refractivity contribution >= 4 is 12.5 Å². The van der Waals surface area contributed by atoms with E-state index in [0.29, 0.717) is 17.9 Å². The number of allylic oxidation sites excluding steroid dienone is 1. The Morgan fingerprint density at radius 1 is 1.50 bits per heavy atom. The van der Waals surface area contributed by atoms with Gasteiger partial charge in [0, 0.05) is 6.21 Å². The molecule has 16 heavy (non-hydrogen) atoms. The molecule has 0 bridgehead atoms. The molecule has 0 amide bonds. The van der Waals surface area contributed by atoms with Crippen molar-refractivity contribution < 1.29 is 9.53 Å². The highest BCUT2D eigenvalue weighted by atomic mass is 16.5. The number of benzene rings is 1. The first-order valence-corrected chi connectivity index (χ1v) is 4.80. The molecule has 0 aliphatic heterocycles. The maximum Gasteiger partial charge on any atom is 0.153 e. The lowest BCUT2D eigenvalue weighted by atomic mass is 10.1. The number of ether oxygens (including phenoxy) is 1. The third-order valence-corrected chi connectivity index (χ3v) is 2.00. The summed E-state index contributed by atoms with van der Waals surface area (Å²) in [6.07, 6.45) is 5.46. The standard InChI is InChI=1S/C12H14N2O2/c1-16-12-7-10(3-4-11(12)9-15)8-14-6-2-5-13/h2-7,9H,8,13H2,1H3/b5-2-,14-6?. The van der Waals surface area contributed by atoms with Crippen LogP contribution in [0.15, 0.2) is 35.5 Å².